The molecule has 2 amide bonds. The lowest BCUT2D eigenvalue weighted by Crippen LogP contribution is -2.42. The molecule has 0 saturated carbocycles. The largest absolute Gasteiger partial charge is 0.508 e. The summed E-state index contributed by atoms with van der Waals surface area (Å²) in [6, 6.07) is 13.5. The Morgan fingerprint density at radius 2 is 1.65 bits per heavy atom. The summed E-state index contributed by atoms with van der Waals surface area (Å²) in [5, 5.41) is 9.37. The number of ketones is 1. The molecule has 2 saturated heterocycles. The van der Waals surface area contributed by atoms with Crippen molar-refractivity contribution in [2.45, 2.75) is 25.7 Å². The standard InChI is InChI=1S/C24H26N2O5/c27-20-7-3-17(4-8-20)24(30)18-11-14-25(15-12-18)23(29)16-31-21-9-5-19(6-10-21)26-13-1-2-22(26)28/h3-10,18,27H,1-2,11-16H2. The number of amides is 2. The molecule has 0 atom stereocenters. The van der Waals surface area contributed by atoms with E-state index in [9.17, 15) is 19.5 Å². The van der Waals surface area contributed by atoms with Crippen LogP contribution in [-0.4, -0.2) is 53.8 Å². The number of nitrogens with zero attached hydrogens (tertiary/aromatic N) is 2. The van der Waals surface area contributed by atoms with Crippen LogP contribution >= 0.6 is 0 Å². The number of benzene rings is 2. The van der Waals surface area contributed by atoms with E-state index in [1.165, 1.54) is 12.1 Å². The number of carbonyl (C=O) groups is 3. The van der Waals surface area contributed by atoms with Gasteiger partial charge in [-0.15, -0.1) is 0 Å². The first-order valence-electron chi connectivity index (χ1n) is 10.7. The zero-order valence-corrected chi connectivity index (χ0v) is 17.3. The minimum Gasteiger partial charge on any atom is -0.508 e. The molecule has 0 unspecified atom stereocenters. The molecule has 7 nitrogen and oxygen atoms in total. The average molecular weight is 422 g/mol. The minimum atomic E-state index is -0.115. The molecule has 2 fully saturated rings. The van der Waals surface area contributed by atoms with Crippen molar-refractivity contribution in [2.75, 3.05) is 31.1 Å². The molecule has 162 valence electrons. The number of likely N-dealkylation sites (tertiary alicyclic amines) is 1. The zero-order chi connectivity index (χ0) is 21.8. The topological polar surface area (TPSA) is 87.2 Å². The third-order valence-corrected chi connectivity index (χ3v) is 5.95. The predicted octanol–water partition coefficient (Wildman–Crippen LogP) is 3.02. The number of piperidine rings is 1. The number of phenolic OH excluding ortho intramolecular Hbond substituents is 1. The van der Waals surface area contributed by atoms with Crippen LogP contribution in [0.3, 0.4) is 0 Å². The summed E-state index contributed by atoms with van der Waals surface area (Å²) >= 11 is 0. The molecule has 7 heteroatoms. The second-order valence-corrected chi connectivity index (χ2v) is 8.00. The normalized spacial score (nSPS) is 17.1. The number of aromatic hydroxyl groups is 1. The van der Waals surface area contributed by atoms with Gasteiger partial charge in [0.2, 0.25) is 5.91 Å². The van der Waals surface area contributed by atoms with E-state index in [2.05, 4.69) is 0 Å². The van der Waals surface area contributed by atoms with Gasteiger partial charge in [-0.1, -0.05) is 0 Å². The summed E-state index contributed by atoms with van der Waals surface area (Å²) in [7, 11) is 0. The van der Waals surface area contributed by atoms with E-state index in [-0.39, 0.29) is 35.9 Å². The molecule has 1 N–H and O–H groups in total. The maximum absolute atomic E-state index is 12.6. The van der Waals surface area contributed by atoms with E-state index in [0.29, 0.717) is 43.7 Å². The lowest BCUT2D eigenvalue weighted by molar-refractivity contribution is -0.134. The van der Waals surface area contributed by atoms with Crippen LogP contribution in [0.1, 0.15) is 36.0 Å². The van der Waals surface area contributed by atoms with E-state index in [4.69, 9.17) is 4.74 Å². The number of carbonyl (C=O) groups excluding carboxylic acids is 3. The molecule has 2 aliphatic heterocycles. The molecule has 0 aliphatic carbocycles. The Hall–Kier alpha value is -3.35. The fourth-order valence-electron chi connectivity index (χ4n) is 4.13. The highest BCUT2D eigenvalue weighted by atomic mass is 16.5. The summed E-state index contributed by atoms with van der Waals surface area (Å²) in [4.78, 5) is 40.4. The Morgan fingerprint density at radius 1 is 0.968 bits per heavy atom. The second-order valence-electron chi connectivity index (χ2n) is 8.00. The SMILES string of the molecule is O=C(c1ccc(O)cc1)C1CCN(C(=O)COc2ccc(N3CCCC3=O)cc2)CC1. The van der Waals surface area contributed by atoms with Gasteiger partial charge in [-0.25, -0.2) is 0 Å². The zero-order valence-electron chi connectivity index (χ0n) is 17.3. The predicted molar refractivity (Wildman–Crippen MR) is 115 cm³/mol. The molecule has 2 heterocycles. The van der Waals surface area contributed by atoms with Crippen LogP contribution in [0.4, 0.5) is 5.69 Å². The van der Waals surface area contributed by atoms with Gasteiger partial charge in [0.15, 0.2) is 12.4 Å². The third-order valence-electron chi connectivity index (χ3n) is 5.95. The third kappa shape index (κ3) is 4.87. The van der Waals surface area contributed by atoms with E-state index in [1.54, 1.807) is 34.1 Å². The Kier molecular flexibility index (Phi) is 6.21. The average Bonchev–Trinajstić information content (AvgIpc) is 3.24. The number of anilines is 1. The summed E-state index contributed by atoms with van der Waals surface area (Å²) in [6.45, 7) is 1.72. The van der Waals surface area contributed by atoms with Gasteiger partial charge in [-0.2, -0.15) is 0 Å². The van der Waals surface area contributed by atoms with Gasteiger partial charge >= 0.3 is 0 Å². The van der Waals surface area contributed by atoms with E-state index in [0.717, 1.165) is 18.7 Å². The maximum atomic E-state index is 12.6. The molecule has 0 bridgehead atoms. The molecular weight excluding hydrogens is 396 g/mol. The van der Waals surface area contributed by atoms with E-state index in [1.807, 2.05) is 12.1 Å². The Balaban J connectivity index is 1.24. The first kappa shape index (κ1) is 20.9. The van der Waals surface area contributed by atoms with Gasteiger partial charge in [0.1, 0.15) is 11.5 Å². The fraction of sp³-hybridized carbons (Fsp3) is 0.375. The highest BCUT2D eigenvalue weighted by molar-refractivity contribution is 5.98. The lowest BCUT2D eigenvalue weighted by atomic mass is 9.89. The molecule has 2 aliphatic rings. The number of rotatable bonds is 6. The highest BCUT2D eigenvalue weighted by Gasteiger charge is 2.28. The van der Waals surface area contributed by atoms with Crippen molar-refractivity contribution in [3.63, 3.8) is 0 Å². The smallest absolute Gasteiger partial charge is 0.260 e. The number of Topliss-reactive ketones (excluding diaryl/α,β-unsaturated/α-hetero) is 1. The van der Waals surface area contributed by atoms with E-state index >= 15 is 0 Å². The minimum absolute atomic E-state index is 0.0555. The summed E-state index contributed by atoms with van der Waals surface area (Å²) in [5.74, 6) is 0.693. The summed E-state index contributed by atoms with van der Waals surface area (Å²) < 4.78 is 5.64. The van der Waals surface area contributed by atoms with Crippen LogP contribution in [0, 0.1) is 5.92 Å². The Morgan fingerprint density at radius 3 is 2.26 bits per heavy atom. The first-order valence-corrected chi connectivity index (χ1v) is 10.7. The van der Waals surface area contributed by atoms with Gasteiger partial charge in [-0.3, -0.25) is 14.4 Å². The summed E-state index contributed by atoms with van der Waals surface area (Å²) in [5.41, 5.74) is 1.44. The second kappa shape index (κ2) is 9.20. The van der Waals surface area contributed by atoms with Crippen molar-refractivity contribution < 1.29 is 24.2 Å². The van der Waals surface area contributed by atoms with Crippen molar-refractivity contribution >= 4 is 23.3 Å². The van der Waals surface area contributed by atoms with Crippen LogP contribution in [0.2, 0.25) is 0 Å². The number of phenols is 1. The maximum Gasteiger partial charge on any atom is 0.260 e. The molecule has 0 radical (unpaired) electrons. The monoisotopic (exact) mass is 422 g/mol. The quantitative estimate of drug-likeness (QED) is 0.723. The van der Waals surface area contributed by atoms with Gasteiger partial charge in [0.05, 0.1) is 0 Å². The highest BCUT2D eigenvalue weighted by Crippen LogP contribution is 2.25. The van der Waals surface area contributed by atoms with Crippen molar-refractivity contribution in [3.8, 4) is 11.5 Å². The first-order chi connectivity index (χ1) is 15.0. The van der Waals surface area contributed by atoms with Gasteiger partial charge in [0, 0.05) is 43.2 Å². The summed E-state index contributed by atoms with van der Waals surface area (Å²) in [6.07, 6.45) is 2.70. The van der Waals surface area contributed by atoms with E-state index < -0.39 is 0 Å². The van der Waals surface area contributed by atoms with Crippen molar-refractivity contribution in [1.29, 1.82) is 0 Å². The Labute approximate surface area is 181 Å². The van der Waals surface area contributed by atoms with Crippen LogP contribution in [0.25, 0.3) is 0 Å². The molecule has 31 heavy (non-hydrogen) atoms. The van der Waals surface area contributed by atoms with Crippen LogP contribution in [-0.2, 0) is 9.59 Å². The van der Waals surface area contributed by atoms with Crippen molar-refractivity contribution in [3.05, 3.63) is 54.1 Å². The van der Waals surface area contributed by atoms with Crippen LogP contribution < -0.4 is 9.64 Å². The lowest BCUT2D eigenvalue weighted by Gasteiger charge is -2.31. The Bertz CT molecular complexity index is 947. The molecule has 2 aromatic rings. The molecule has 0 aromatic heterocycles. The van der Waals surface area contributed by atoms with Gasteiger partial charge < -0.3 is 19.6 Å². The number of hydrogen-bond acceptors (Lipinski definition) is 5. The van der Waals surface area contributed by atoms with Gasteiger partial charge in [0.25, 0.3) is 5.91 Å². The van der Waals surface area contributed by atoms with Crippen molar-refractivity contribution in [1.82, 2.24) is 4.90 Å². The van der Waals surface area contributed by atoms with Crippen LogP contribution in [0.5, 0.6) is 11.5 Å². The molecule has 4 rings (SSSR count). The molecule has 2 aromatic carbocycles. The van der Waals surface area contributed by atoms with Crippen LogP contribution in [0.15, 0.2) is 48.5 Å². The number of ether oxygens (including phenoxy) is 1. The van der Waals surface area contributed by atoms with Gasteiger partial charge in [-0.05, 0) is 67.8 Å². The van der Waals surface area contributed by atoms with Crippen molar-refractivity contribution in [2.24, 2.45) is 5.92 Å². The molecular formula is C24H26N2O5. The molecule has 0 spiro atoms. The fourth-order valence-corrected chi connectivity index (χ4v) is 4.13. The number of hydrogen-bond donors (Lipinski definition) is 1.